The third-order valence-corrected chi connectivity index (χ3v) is 7.37. The highest BCUT2D eigenvalue weighted by Gasteiger charge is 2.30. The normalized spacial score (nSPS) is 19.3. The van der Waals surface area contributed by atoms with Gasteiger partial charge in [-0.05, 0) is 68.9 Å². The predicted octanol–water partition coefficient (Wildman–Crippen LogP) is 6.95. The number of nitrogens with zero attached hydrogens (tertiary/aromatic N) is 3. The molecule has 3 aromatic rings. The molecule has 1 N–H and O–H groups in total. The van der Waals surface area contributed by atoms with Gasteiger partial charge in [0.05, 0.1) is 15.7 Å². The Balaban J connectivity index is 1.37. The molecule has 0 radical (unpaired) electrons. The van der Waals surface area contributed by atoms with Gasteiger partial charge in [-0.3, -0.25) is 0 Å². The Bertz CT molecular complexity index is 1290. The van der Waals surface area contributed by atoms with Gasteiger partial charge in [-0.25, -0.2) is 14.8 Å². The Labute approximate surface area is 222 Å². The fraction of sp³-hybridized carbons (Fsp3) is 0.393. The second kappa shape index (κ2) is 9.91. The van der Waals surface area contributed by atoms with E-state index < -0.39 is 5.60 Å². The van der Waals surface area contributed by atoms with E-state index in [0.717, 1.165) is 41.6 Å². The molecule has 5 rings (SSSR count). The van der Waals surface area contributed by atoms with Crippen molar-refractivity contribution in [3.8, 4) is 11.3 Å². The lowest BCUT2D eigenvalue weighted by molar-refractivity contribution is 0.0206. The number of carbonyl (C=O) groups is 1. The molecule has 188 valence electrons. The van der Waals surface area contributed by atoms with E-state index >= 15 is 0 Å². The number of nitrogens with one attached hydrogen (secondary N) is 1. The summed E-state index contributed by atoms with van der Waals surface area (Å²) in [4.78, 5) is 23.9. The van der Waals surface area contributed by atoms with Crippen LogP contribution in [0.4, 0.5) is 10.7 Å². The minimum Gasteiger partial charge on any atom is -0.444 e. The van der Waals surface area contributed by atoms with Gasteiger partial charge in [0.15, 0.2) is 0 Å². The molecule has 2 aliphatic rings. The summed E-state index contributed by atoms with van der Waals surface area (Å²) < 4.78 is 5.56. The first-order valence-electron chi connectivity index (χ1n) is 12.3. The maximum atomic E-state index is 12.6. The number of halogens is 2. The van der Waals surface area contributed by atoms with Crippen molar-refractivity contribution in [2.45, 2.75) is 57.6 Å². The number of amides is 1. The lowest BCUT2D eigenvalue weighted by atomic mass is 9.78. The fourth-order valence-corrected chi connectivity index (χ4v) is 5.31. The molecular weight excluding hydrogens is 495 g/mol. The third kappa shape index (κ3) is 5.30. The van der Waals surface area contributed by atoms with Gasteiger partial charge < -0.3 is 15.0 Å². The van der Waals surface area contributed by atoms with Gasteiger partial charge in [-0.2, -0.15) is 0 Å². The van der Waals surface area contributed by atoms with E-state index in [2.05, 4.69) is 28.5 Å². The van der Waals surface area contributed by atoms with Gasteiger partial charge in [-0.15, -0.1) is 0 Å². The molecule has 36 heavy (non-hydrogen) atoms. The Hall–Kier alpha value is -2.83. The summed E-state index contributed by atoms with van der Waals surface area (Å²) in [5.41, 5.74) is 4.95. The molecule has 2 heterocycles. The average molecular weight is 525 g/mol. The van der Waals surface area contributed by atoms with E-state index in [0.29, 0.717) is 29.1 Å². The smallest absolute Gasteiger partial charge is 0.410 e. The number of piperidine rings is 1. The Kier molecular flexibility index (Phi) is 6.84. The van der Waals surface area contributed by atoms with E-state index in [9.17, 15) is 4.79 Å². The monoisotopic (exact) mass is 524 g/mol. The molecule has 2 atom stereocenters. The Morgan fingerprint density at radius 2 is 1.94 bits per heavy atom. The second-order valence-corrected chi connectivity index (χ2v) is 11.3. The molecule has 1 saturated heterocycles. The summed E-state index contributed by atoms with van der Waals surface area (Å²) in [5.74, 6) is 0.721. The van der Waals surface area contributed by atoms with E-state index in [4.69, 9.17) is 32.9 Å². The van der Waals surface area contributed by atoms with E-state index in [1.165, 1.54) is 5.56 Å². The first kappa shape index (κ1) is 24.8. The van der Waals surface area contributed by atoms with Gasteiger partial charge >= 0.3 is 6.09 Å². The summed E-state index contributed by atoms with van der Waals surface area (Å²) in [6, 6.07) is 14.3. The lowest BCUT2D eigenvalue weighted by Crippen LogP contribution is -2.47. The number of benzene rings is 2. The number of carbonyl (C=O) groups excluding carboxylic acids is 1. The van der Waals surface area contributed by atoms with Gasteiger partial charge in [0.2, 0.25) is 5.95 Å². The maximum Gasteiger partial charge on any atom is 0.410 e. The third-order valence-electron chi connectivity index (χ3n) is 6.63. The largest absolute Gasteiger partial charge is 0.444 e. The quantitative estimate of drug-likeness (QED) is 0.401. The Morgan fingerprint density at radius 1 is 1.14 bits per heavy atom. The molecule has 2 aromatic carbocycles. The van der Waals surface area contributed by atoms with Crippen LogP contribution >= 0.6 is 23.2 Å². The van der Waals surface area contributed by atoms with Crippen molar-refractivity contribution in [3.63, 3.8) is 0 Å². The van der Waals surface area contributed by atoms with Crippen LogP contribution in [0.2, 0.25) is 10.0 Å². The average Bonchev–Trinajstić information content (AvgIpc) is 2.84. The minimum atomic E-state index is -0.512. The van der Waals surface area contributed by atoms with E-state index in [1.807, 2.05) is 51.2 Å². The van der Waals surface area contributed by atoms with Crippen LogP contribution in [0, 0.1) is 0 Å². The fourth-order valence-electron chi connectivity index (χ4n) is 5.00. The van der Waals surface area contributed by atoms with Crippen molar-refractivity contribution in [2.24, 2.45) is 0 Å². The van der Waals surface area contributed by atoms with E-state index in [-0.39, 0.29) is 18.1 Å². The lowest BCUT2D eigenvalue weighted by Gasteiger charge is -2.34. The van der Waals surface area contributed by atoms with Crippen molar-refractivity contribution in [3.05, 3.63) is 75.4 Å². The SMILES string of the molecule is CC(C)(C)OC(=O)N1CCC[C@@H](Nc2ncc3c(n2)-c2ccccc2[C@@H](c2ccc(Cl)c(Cl)c2)C3)C1. The zero-order valence-corrected chi connectivity index (χ0v) is 22.2. The van der Waals surface area contributed by atoms with Crippen LogP contribution in [0.1, 0.15) is 56.2 Å². The van der Waals surface area contributed by atoms with E-state index in [1.54, 1.807) is 4.90 Å². The molecule has 0 unspecified atom stereocenters. The molecule has 1 fully saturated rings. The zero-order chi connectivity index (χ0) is 25.4. The van der Waals surface area contributed by atoms with Crippen molar-refractivity contribution in [1.82, 2.24) is 14.9 Å². The molecule has 8 heteroatoms. The van der Waals surface area contributed by atoms with Gasteiger partial charge in [0.25, 0.3) is 0 Å². The predicted molar refractivity (Wildman–Crippen MR) is 144 cm³/mol. The van der Waals surface area contributed by atoms with Crippen molar-refractivity contribution >= 4 is 35.2 Å². The first-order valence-corrected chi connectivity index (χ1v) is 13.1. The van der Waals surface area contributed by atoms with Crippen LogP contribution in [0.25, 0.3) is 11.3 Å². The van der Waals surface area contributed by atoms with Crippen molar-refractivity contribution in [1.29, 1.82) is 0 Å². The topological polar surface area (TPSA) is 67.3 Å². The summed E-state index contributed by atoms with van der Waals surface area (Å²) in [6.45, 7) is 6.91. The summed E-state index contributed by atoms with van der Waals surface area (Å²) in [6.07, 6.45) is 4.26. The Morgan fingerprint density at radius 3 is 2.72 bits per heavy atom. The summed E-state index contributed by atoms with van der Waals surface area (Å²) in [5, 5.41) is 4.57. The molecule has 0 bridgehead atoms. The molecule has 1 aromatic heterocycles. The van der Waals surface area contributed by atoms with Crippen molar-refractivity contribution in [2.75, 3.05) is 18.4 Å². The molecule has 1 amide bonds. The molecule has 1 aliphatic heterocycles. The highest BCUT2D eigenvalue weighted by molar-refractivity contribution is 6.42. The highest BCUT2D eigenvalue weighted by Crippen LogP contribution is 2.42. The first-order chi connectivity index (χ1) is 17.2. The van der Waals surface area contributed by atoms with Crippen LogP contribution in [0.3, 0.4) is 0 Å². The number of likely N-dealkylation sites (tertiary alicyclic amines) is 1. The highest BCUT2D eigenvalue weighted by atomic mass is 35.5. The number of fused-ring (bicyclic) bond motifs is 3. The number of ether oxygens (including phenoxy) is 1. The number of hydrogen-bond donors (Lipinski definition) is 1. The summed E-state index contributed by atoms with van der Waals surface area (Å²) in [7, 11) is 0. The molecule has 0 saturated carbocycles. The van der Waals surface area contributed by atoms with Crippen LogP contribution < -0.4 is 5.32 Å². The van der Waals surface area contributed by atoms with Gasteiger partial charge in [0.1, 0.15) is 5.60 Å². The molecule has 0 spiro atoms. The number of anilines is 1. The van der Waals surface area contributed by atoms with Crippen LogP contribution in [-0.2, 0) is 11.2 Å². The second-order valence-electron chi connectivity index (χ2n) is 10.5. The number of aromatic nitrogens is 2. The molecular formula is C28H30Cl2N4O2. The molecule has 1 aliphatic carbocycles. The van der Waals surface area contributed by atoms with Crippen LogP contribution in [0.5, 0.6) is 0 Å². The van der Waals surface area contributed by atoms with Gasteiger partial charge in [-0.1, -0.05) is 53.5 Å². The maximum absolute atomic E-state index is 12.6. The van der Waals surface area contributed by atoms with Crippen LogP contribution in [-0.4, -0.2) is 45.7 Å². The summed E-state index contributed by atoms with van der Waals surface area (Å²) >= 11 is 12.5. The minimum absolute atomic E-state index is 0.0621. The van der Waals surface area contributed by atoms with Crippen molar-refractivity contribution < 1.29 is 9.53 Å². The zero-order valence-electron chi connectivity index (χ0n) is 20.7. The number of rotatable bonds is 3. The van der Waals surface area contributed by atoms with Crippen LogP contribution in [0.15, 0.2) is 48.7 Å². The number of hydrogen-bond acceptors (Lipinski definition) is 5. The molecule has 6 nitrogen and oxygen atoms in total. The standard InChI is InChI=1S/C28H30Cl2N4O2/c1-28(2,3)36-27(35)34-12-6-7-19(16-34)32-26-31-15-18-13-22(17-10-11-23(29)24(30)14-17)20-8-4-5-9-21(20)25(18)33-26/h4-5,8-11,14-15,19,22H,6-7,12-13,16H2,1-3H3,(H,31,32,33)/t19-,22-/m1/s1. The van der Waals surface area contributed by atoms with Gasteiger partial charge in [0, 0.05) is 36.8 Å².